The lowest BCUT2D eigenvalue weighted by Gasteiger charge is -2.11. The molecule has 6 rings (SSSR count). The lowest BCUT2D eigenvalue weighted by Crippen LogP contribution is -2.09. The van der Waals surface area contributed by atoms with E-state index in [0.717, 1.165) is 57.1 Å². The molecule has 0 unspecified atom stereocenters. The van der Waals surface area contributed by atoms with E-state index in [1.807, 2.05) is 42.5 Å². The van der Waals surface area contributed by atoms with Crippen LogP contribution in [0.4, 0.5) is 0 Å². The minimum Gasteiger partial charge on any atom is -0.342 e. The van der Waals surface area contributed by atoms with Crippen molar-refractivity contribution >= 4 is 43.6 Å². The van der Waals surface area contributed by atoms with Gasteiger partial charge in [0, 0.05) is 18.8 Å². The van der Waals surface area contributed by atoms with Crippen molar-refractivity contribution < 1.29 is 0 Å². The number of fused-ring (bicyclic) bond motifs is 3. The van der Waals surface area contributed by atoms with Gasteiger partial charge in [0.05, 0.1) is 37.3 Å². The van der Waals surface area contributed by atoms with E-state index in [4.69, 9.17) is 15.0 Å². The van der Waals surface area contributed by atoms with Crippen molar-refractivity contribution in [2.45, 2.75) is 18.8 Å². The van der Waals surface area contributed by atoms with E-state index in [9.17, 15) is 0 Å². The topological polar surface area (TPSA) is 70.2 Å². The molecule has 5 nitrogen and oxygen atoms in total. The summed E-state index contributed by atoms with van der Waals surface area (Å²) in [5, 5.41) is 1.12. The van der Waals surface area contributed by atoms with Crippen molar-refractivity contribution in [3.63, 3.8) is 0 Å². The van der Waals surface area contributed by atoms with Gasteiger partial charge in [-0.2, -0.15) is 0 Å². The van der Waals surface area contributed by atoms with E-state index in [-0.39, 0.29) is 5.92 Å². The third-order valence-electron chi connectivity index (χ3n) is 5.42. The number of hydrogen-bond donors (Lipinski definition) is 2. The van der Waals surface area contributed by atoms with Crippen molar-refractivity contribution in [3.8, 4) is 0 Å². The molecule has 0 aliphatic carbocycles. The second-order valence-corrected chi connectivity index (χ2v) is 8.59. The molecule has 2 N–H and O–H groups in total. The van der Waals surface area contributed by atoms with E-state index < -0.39 is 0 Å². The van der Waals surface area contributed by atoms with E-state index in [0.29, 0.717) is 0 Å². The Balaban J connectivity index is 1.39. The van der Waals surface area contributed by atoms with Gasteiger partial charge in [0.15, 0.2) is 0 Å². The number of rotatable bonds is 5. The van der Waals surface area contributed by atoms with Gasteiger partial charge in [-0.1, -0.05) is 36.4 Å². The van der Waals surface area contributed by atoms with Crippen molar-refractivity contribution in [1.29, 1.82) is 0 Å². The van der Waals surface area contributed by atoms with Crippen LogP contribution in [0, 0.1) is 0 Å². The smallest absolute Gasteiger partial charge is 0.107 e. The Labute approximate surface area is 176 Å². The number of benzene rings is 3. The van der Waals surface area contributed by atoms with Crippen molar-refractivity contribution in [3.05, 3.63) is 89.5 Å². The lowest BCUT2D eigenvalue weighted by atomic mass is 10.0. The van der Waals surface area contributed by atoms with Crippen LogP contribution in [-0.2, 0) is 12.8 Å². The molecular weight excluding hydrogens is 390 g/mol. The van der Waals surface area contributed by atoms with Gasteiger partial charge in [0.1, 0.15) is 11.6 Å². The second kappa shape index (κ2) is 7.07. The number of para-hydroxylation sites is 5. The zero-order chi connectivity index (χ0) is 19.9. The molecule has 0 saturated carbocycles. The van der Waals surface area contributed by atoms with E-state index in [1.54, 1.807) is 11.3 Å². The molecule has 3 aromatic carbocycles. The average Bonchev–Trinajstić information content (AvgIpc) is 3.48. The van der Waals surface area contributed by atoms with Crippen LogP contribution in [-0.4, -0.2) is 24.9 Å². The summed E-state index contributed by atoms with van der Waals surface area (Å²) in [5.74, 6) is 2.15. The molecule has 146 valence electrons. The van der Waals surface area contributed by atoms with Crippen LogP contribution >= 0.6 is 11.3 Å². The molecule has 0 spiro atoms. The third-order valence-corrected chi connectivity index (χ3v) is 6.61. The number of aromatic nitrogens is 5. The summed E-state index contributed by atoms with van der Waals surface area (Å²) in [6.45, 7) is 0. The highest BCUT2D eigenvalue weighted by Gasteiger charge is 2.21. The summed E-state index contributed by atoms with van der Waals surface area (Å²) in [5.41, 5.74) is 5.19. The van der Waals surface area contributed by atoms with E-state index in [2.05, 4.69) is 40.3 Å². The van der Waals surface area contributed by atoms with Gasteiger partial charge in [-0.25, -0.2) is 15.0 Å². The molecule has 0 amide bonds. The quantitative estimate of drug-likeness (QED) is 0.388. The average molecular weight is 410 g/mol. The molecule has 0 aliphatic rings. The van der Waals surface area contributed by atoms with Crippen LogP contribution < -0.4 is 0 Å². The van der Waals surface area contributed by atoms with Gasteiger partial charge in [-0.3, -0.25) is 0 Å². The normalized spacial score (nSPS) is 11.9. The van der Waals surface area contributed by atoms with Gasteiger partial charge in [-0.15, -0.1) is 11.3 Å². The summed E-state index contributed by atoms with van der Waals surface area (Å²) in [7, 11) is 0. The van der Waals surface area contributed by atoms with Crippen LogP contribution in [0.15, 0.2) is 72.8 Å². The van der Waals surface area contributed by atoms with Crippen LogP contribution in [0.2, 0.25) is 0 Å². The molecule has 0 atom stereocenters. The highest BCUT2D eigenvalue weighted by molar-refractivity contribution is 7.18. The summed E-state index contributed by atoms with van der Waals surface area (Å²) in [6.07, 6.45) is 1.57. The number of imidazole rings is 2. The summed E-state index contributed by atoms with van der Waals surface area (Å²) >= 11 is 1.76. The standard InChI is InChI=1S/C24H19N5S/c1-2-8-17-16(7-1)25-22(26-17)13-15(24-29-20-11-5-6-12-21(20)30-24)14-23-27-18-9-3-4-10-19(18)28-23/h1-12,15H,13-14H2,(H,25,26)(H,27,28). The maximum absolute atomic E-state index is 4.95. The predicted octanol–water partition coefficient (Wildman–Crippen LogP) is 5.62. The maximum Gasteiger partial charge on any atom is 0.107 e. The Morgan fingerprint density at radius 2 is 1.17 bits per heavy atom. The Kier molecular flexibility index (Phi) is 4.09. The van der Waals surface area contributed by atoms with Gasteiger partial charge < -0.3 is 9.97 Å². The first kappa shape index (κ1) is 17.4. The van der Waals surface area contributed by atoms with E-state index in [1.165, 1.54) is 4.70 Å². The minimum atomic E-state index is 0.184. The van der Waals surface area contributed by atoms with Crippen LogP contribution in [0.5, 0.6) is 0 Å². The van der Waals surface area contributed by atoms with Gasteiger partial charge in [0.2, 0.25) is 0 Å². The number of nitrogens with one attached hydrogen (secondary N) is 2. The summed E-state index contributed by atoms with van der Waals surface area (Å²) in [4.78, 5) is 21.5. The first-order chi connectivity index (χ1) is 14.8. The number of H-pyrrole nitrogens is 2. The molecule has 3 heterocycles. The monoisotopic (exact) mass is 409 g/mol. The highest BCUT2D eigenvalue weighted by atomic mass is 32.1. The lowest BCUT2D eigenvalue weighted by molar-refractivity contribution is 0.640. The van der Waals surface area contributed by atoms with Crippen molar-refractivity contribution in [2.24, 2.45) is 0 Å². The Morgan fingerprint density at radius 1 is 0.633 bits per heavy atom. The molecule has 6 aromatic rings. The number of hydrogen-bond acceptors (Lipinski definition) is 4. The fourth-order valence-corrected chi connectivity index (χ4v) is 5.05. The Hall–Kier alpha value is -3.51. The summed E-state index contributed by atoms with van der Waals surface area (Å²) < 4.78 is 1.21. The van der Waals surface area contributed by atoms with Crippen LogP contribution in [0.3, 0.4) is 0 Å². The molecule has 0 bridgehead atoms. The van der Waals surface area contributed by atoms with Gasteiger partial charge in [-0.05, 0) is 36.4 Å². The van der Waals surface area contributed by atoms with Gasteiger partial charge >= 0.3 is 0 Å². The molecular formula is C24H19N5S. The molecule has 0 radical (unpaired) electrons. The van der Waals surface area contributed by atoms with E-state index >= 15 is 0 Å². The Morgan fingerprint density at radius 3 is 1.73 bits per heavy atom. The molecule has 0 saturated heterocycles. The molecule has 30 heavy (non-hydrogen) atoms. The fraction of sp³-hybridized carbons (Fsp3) is 0.125. The van der Waals surface area contributed by atoms with Crippen LogP contribution in [0.25, 0.3) is 32.3 Å². The minimum absolute atomic E-state index is 0.184. The Bertz CT molecular complexity index is 1300. The van der Waals surface area contributed by atoms with Crippen molar-refractivity contribution in [2.75, 3.05) is 0 Å². The molecule has 3 aromatic heterocycles. The van der Waals surface area contributed by atoms with Crippen LogP contribution in [0.1, 0.15) is 22.6 Å². The first-order valence-electron chi connectivity index (χ1n) is 10.0. The summed E-state index contributed by atoms with van der Waals surface area (Å²) in [6, 6.07) is 24.6. The third kappa shape index (κ3) is 3.15. The van der Waals surface area contributed by atoms with Gasteiger partial charge in [0.25, 0.3) is 0 Å². The SMILES string of the molecule is c1ccc2[nH]c(CC(Cc3nc4ccccc4[nH]3)c3nc4ccccc4s3)nc2c1. The van der Waals surface area contributed by atoms with Crippen molar-refractivity contribution in [1.82, 2.24) is 24.9 Å². The number of aromatic amines is 2. The maximum atomic E-state index is 4.95. The number of thiazole rings is 1. The largest absolute Gasteiger partial charge is 0.342 e. The highest BCUT2D eigenvalue weighted by Crippen LogP contribution is 2.32. The molecule has 0 fully saturated rings. The predicted molar refractivity (Wildman–Crippen MR) is 122 cm³/mol. The zero-order valence-electron chi connectivity index (χ0n) is 16.2. The molecule has 6 heteroatoms. The fourth-order valence-electron chi connectivity index (χ4n) is 3.98. The zero-order valence-corrected chi connectivity index (χ0v) is 17.0. The number of nitrogens with zero attached hydrogens (tertiary/aromatic N) is 3. The second-order valence-electron chi connectivity index (χ2n) is 7.53. The first-order valence-corrected chi connectivity index (χ1v) is 10.9. The molecule has 0 aliphatic heterocycles.